The van der Waals surface area contributed by atoms with Crippen LogP contribution in [-0.4, -0.2) is 12.8 Å². The molecule has 0 aromatic rings. The first-order valence-corrected chi connectivity index (χ1v) is 3.83. The maximum Gasteiger partial charge on any atom is 0.0639 e. The molecule has 1 heteroatoms. The van der Waals surface area contributed by atoms with Gasteiger partial charge in [-0.25, -0.2) is 0 Å². The predicted octanol–water partition coefficient (Wildman–Crippen LogP) is 2.52. The molecule has 1 nitrogen and oxygen atoms in total. The van der Waals surface area contributed by atoms with Gasteiger partial charge in [0.2, 0.25) is 0 Å². The summed E-state index contributed by atoms with van der Waals surface area (Å²) in [5, 5.41) is 0. The fourth-order valence-electron chi connectivity index (χ4n) is 1.16. The summed E-state index contributed by atoms with van der Waals surface area (Å²) < 4.78 is 0. The highest BCUT2D eigenvalue weighted by Crippen LogP contribution is 2.18. The van der Waals surface area contributed by atoms with E-state index < -0.39 is 0 Å². The van der Waals surface area contributed by atoms with Crippen LogP contribution in [0.3, 0.4) is 0 Å². The number of hydrogen-bond acceptors (Lipinski definition) is 1. The van der Waals surface area contributed by atoms with E-state index >= 15 is 0 Å². The first-order chi connectivity index (χ1) is 5.29. The van der Waals surface area contributed by atoms with E-state index in [4.69, 9.17) is 0 Å². The Morgan fingerprint density at radius 1 is 1.55 bits per heavy atom. The van der Waals surface area contributed by atoms with Crippen LogP contribution in [0.4, 0.5) is 0 Å². The maximum atomic E-state index is 4.12. The summed E-state index contributed by atoms with van der Waals surface area (Å²) in [7, 11) is 1.80. The highest BCUT2D eigenvalue weighted by molar-refractivity contribution is 6.12. The van der Waals surface area contributed by atoms with Crippen LogP contribution < -0.4 is 0 Å². The monoisotopic (exact) mass is 147 g/mol. The molecule has 0 aromatic carbocycles. The van der Waals surface area contributed by atoms with Gasteiger partial charge in [-0.2, -0.15) is 0 Å². The summed E-state index contributed by atoms with van der Waals surface area (Å²) >= 11 is 0. The minimum absolute atomic E-state index is 1.00. The molecule has 0 aliphatic heterocycles. The van der Waals surface area contributed by atoms with Crippen molar-refractivity contribution in [3.05, 3.63) is 36.0 Å². The molecule has 0 unspecified atom stereocenters. The molecule has 0 saturated heterocycles. The lowest BCUT2D eigenvalue weighted by atomic mass is 9.96. The van der Waals surface area contributed by atoms with Crippen LogP contribution in [0.5, 0.6) is 0 Å². The standard InChI is InChI=1S/C10H13N/c1-4-9-6-5-7-10(11-3)8(9)2/h5-7H,2,4H2,1,3H3. The average Bonchev–Trinajstić information content (AvgIpc) is 2.05. The molecule has 0 heterocycles. The van der Waals surface area contributed by atoms with Crippen LogP contribution >= 0.6 is 0 Å². The Bertz CT molecular complexity index is 254. The maximum absolute atomic E-state index is 4.12. The fourth-order valence-corrected chi connectivity index (χ4v) is 1.16. The third-order valence-electron chi connectivity index (χ3n) is 1.87. The van der Waals surface area contributed by atoms with Crippen LogP contribution in [-0.2, 0) is 0 Å². The van der Waals surface area contributed by atoms with Gasteiger partial charge in [0, 0.05) is 7.05 Å². The third kappa shape index (κ3) is 1.48. The van der Waals surface area contributed by atoms with Gasteiger partial charge in [0.1, 0.15) is 0 Å². The normalized spacial score (nSPS) is 20.7. The number of hydrogen-bond donors (Lipinski definition) is 0. The molecular weight excluding hydrogens is 134 g/mol. The van der Waals surface area contributed by atoms with Crippen LogP contribution in [0, 0.1) is 0 Å². The van der Waals surface area contributed by atoms with Gasteiger partial charge < -0.3 is 0 Å². The minimum atomic E-state index is 1.00. The number of allylic oxidation sites excluding steroid dienone is 5. The molecule has 0 aromatic heterocycles. The minimum Gasteiger partial charge on any atom is -0.288 e. The first-order valence-electron chi connectivity index (χ1n) is 3.83. The number of aliphatic imine (C=N–C) groups is 1. The van der Waals surface area contributed by atoms with Gasteiger partial charge in [-0.15, -0.1) is 0 Å². The van der Waals surface area contributed by atoms with E-state index in [1.807, 2.05) is 12.2 Å². The van der Waals surface area contributed by atoms with Crippen molar-refractivity contribution in [3.63, 3.8) is 0 Å². The van der Waals surface area contributed by atoms with Gasteiger partial charge in [-0.1, -0.05) is 25.7 Å². The smallest absolute Gasteiger partial charge is 0.0639 e. The van der Waals surface area contributed by atoms with Gasteiger partial charge in [0.05, 0.1) is 5.71 Å². The Balaban J connectivity index is 2.95. The van der Waals surface area contributed by atoms with E-state index in [0.717, 1.165) is 17.7 Å². The van der Waals surface area contributed by atoms with Crippen LogP contribution in [0.2, 0.25) is 0 Å². The molecule has 0 N–H and O–H groups in total. The van der Waals surface area contributed by atoms with Crippen molar-refractivity contribution in [3.8, 4) is 0 Å². The van der Waals surface area contributed by atoms with E-state index in [2.05, 4.69) is 24.6 Å². The zero-order valence-electron chi connectivity index (χ0n) is 7.09. The summed E-state index contributed by atoms with van der Waals surface area (Å²) in [5.74, 6) is 0. The highest BCUT2D eigenvalue weighted by Gasteiger charge is 2.07. The van der Waals surface area contributed by atoms with Crippen molar-refractivity contribution < 1.29 is 0 Å². The SMILES string of the molecule is C=C1C(CC)=CC=CC1=NC. The lowest BCUT2D eigenvalue weighted by molar-refractivity contribution is 1.13. The molecule has 0 spiro atoms. The molecule has 0 amide bonds. The summed E-state index contributed by atoms with van der Waals surface area (Å²) in [5.41, 5.74) is 3.36. The van der Waals surface area contributed by atoms with E-state index in [0.29, 0.717) is 0 Å². The van der Waals surface area contributed by atoms with Crippen molar-refractivity contribution >= 4 is 5.71 Å². The molecule has 0 radical (unpaired) electrons. The second-order valence-electron chi connectivity index (χ2n) is 2.49. The second kappa shape index (κ2) is 3.33. The van der Waals surface area contributed by atoms with Crippen LogP contribution in [0.1, 0.15) is 13.3 Å². The fraction of sp³-hybridized carbons (Fsp3) is 0.300. The predicted molar refractivity (Wildman–Crippen MR) is 50.0 cm³/mol. The molecule has 11 heavy (non-hydrogen) atoms. The summed E-state index contributed by atoms with van der Waals surface area (Å²) in [6.07, 6.45) is 7.14. The Morgan fingerprint density at radius 2 is 2.27 bits per heavy atom. The van der Waals surface area contributed by atoms with Crippen LogP contribution in [0.15, 0.2) is 40.9 Å². The topological polar surface area (TPSA) is 12.4 Å². The van der Waals surface area contributed by atoms with Crippen molar-refractivity contribution in [1.82, 2.24) is 0 Å². The second-order valence-corrected chi connectivity index (χ2v) is 2.49. The Kier molecular flexibility index (Phi) is 2.42. The zero-order valence-corrected chi connectivity index (χ0v) is 7.09. The molecule has 0 bridgehead atoms. The number of nitrogens with zero attached hydrogens (tertiary/aromatic N) is 1. The van der Waals surface area contributed by atoms with Gasteiger partial charge >= 0.3 is 0 Å². The molecule has 0 fully saturated rings. The van der Waals surface area contributed by atoms with Crippen molar-refractivity contribution in [1.29, 1.82) is 0 Å². The van der Waals surface area contributed by atoms with Gasteiger partial charge in [0.25, 0.3) is 0 Å². The van der Waals surface area contributed by atoms with E-state index in [1.165, 1.54) is 5.57 Å². The molecule has 0 saturated carbocycles. The van der Waals surface area contributed by atoms with Gasteiger partial charge in [-0.05, 0) is 23.6 Å². The molecule has 58 valence electrons. The molecule has 0 atom stereocenters. The van der Waals surface area contributed by atoms with Crippen LogP contribution in [0.25, 0.3) is 0 Å². The lowest BCUT2D eigenvalue weighted by Crippen LogP contribution is -2.03. The summed E-state index contributed by atoms with van der Waals surface area (Å²) in [6, 6.07) is 0. The average molecular weight is 147 g/mol. The molecule has 1 rings (SSSR count). The van der Waals surface area contributed by atoms with E-state index in [-0.39, 0.29) is 0 Å². The van der Waals surface area contributed by atoms with Crippen molar-refractivity contribution in [2.24, 2.45) is 4.99 Å². The zero-order chi connectivity index (χ0) is 8.27. The van der Waals surface area contributed by atoms with Gasteiger partial charge in [-0.3, -0.25) is 4.99 Å². The Hall–Kier alpha value is -1.11. The van der Waals surface area contributed by atoms with Gasteiger partial charge in [0.15, 0.2) is 0 Å². The third-order valence-corrected chi connectivity index (χ3v) is 1.87. The summed E-state index contributed by atoms with van der Waals surface area (Å²) in [4.78, 5) is 4.12. The first kappa shape index (κ1) is 7.99. The largest absolute Gasteiger partial charge is 0.288 e. The van der Waals surface area contributed by atoms with Crippen molar-refractivity contribution in [2.45, 2.75) is 13.3 Å². The van der Waals surface area contributed by atoms with E-state index in [9.17, 15) is 0 Å². The Labute approximate surface area is 67.8 Å². The molecular formula is C10H13N. The van der Waals surface area contributed by atoms with Crippen molar-refractivity contribution in [2.75, 3.05) is 7.05 Å². The lowest BCUT2D eigenvalue weighted by Gasteiger charge is -2.11. The summed E-state index contributed by atoms with van der Waals surface area (Å²) in [6.45, 7) is 6.10. The molecule has 1 aliphatic carbocycles. The highest BCUT2D eigenvalue weighted by atomic mass is 14.7. The Morgan fingerprint density at radius 3 is 2.82 bits per heavy atom. The van der Waals surface area contributed by atoms with E-state index in [1.54, 1.807) is 7.05 Å². The number of rotatable bonds is 1. The molecule has 1 aliphatic rings. The quantitative estimate of drug-likeness (QED) is 0.540.